The summed E-state index contributed by atoms with van der Waals surface area (Å²) in [5.74, 6) is 0.870. The third-order valence-electron chi connectivity index (χ3n) is 3.23. The van der Waals surface area contributed by atoms with E-state index in [1.165, 1.54) is 16.0 Å². The molecule has 0 bridgehead atoms. The second-order valence-electron chi connectivity index (χ2n) is 4.71. The van der Waals surface area contributed by atoms with E-state index in [-0.39, 0.29) is 0 Å². The van der Waals surface area contributed by atoms with Gasteiger partial charge in [0.1, 0.15) is 12.1 Å². The molecular formula is C15H15N3S. The molecule has 0 aliphatic carbocycles. The molecule has 1 N–H and O–H groups in total. The van der Waals surface area contributed by atoms with Gasteiger partial charge in [0.15, 0.2) is 0 Å². The highest BCUT2D eigenvalue weighted by Crippen LogP contribution is 2.28. The average molecular weight is 269 g/mol. The lowest BCUT2D eigenvalue weighted by atomic mass is 10.1. The molecule has 0 fully saturated rings. The van der Waals surface area contributed by atoms with E-state index in [0.29, 0.717) is 0 Å². The van der Waals surface area contributed by atoms with Crippen LogP contribution < -0.4 is 5.32 Å². The molecule has 1 aromatic carbocycles. The van der Waals surface area contributed by atoms with Gasteiger partial charge in [-0.3, -0.25) is 0 Å². The van der Waals surface area contributed by atoms with Gasteiger partial charge in [0.2, 0.25) is 0 Å². The fraction of sp³-hybridized carbons (Fsp3) is 0.200. The summed E-state index contributed by atoms with van der Waals surface area (Å²) < 4.78 is 0. The lowest BCUT2D eigenvalue weighted by Gasteiger charge is -2.08. The van der Waals surface area contributed by atoms with Crippen molar-refractivity contribution in [1.82, 2.24) is 9.97 Å². The predicted octanol–water partition coefficient (Wildman–Crippen LogP) is 4.36. The van der Waals surface area contributed by atoms with Crippen molar-refractivity contribution in [2.75, 3.05) is 5.32 Å². The maximum Gasteiger partial charge on any atom is 0.142 e. The van der Waals surface area contributed by atoms with Crippen LogP contribution in [-0.4, -0.2) is 9.97 Å². The average Bonchev–Trinajstić information content (AvgIpc) is 2.77. The zero-order chi connectivity index (χ0) is 13.4. The third kappa shape index (κ3) is 2.31. The van der Waals surface area contributed by atoms with E-state index in [2.05, 4.69) is 60.3 Å². The highest BCUT2D eigenvalue weighted by Gasteiger charge is 2.07. The van der Waals surface area contributed by atoms with Crippen LogP contribution in [0.15, 0.2) is 30.6 Å². The monoisotopic (exact) mass is 269 g/mol. The molecule has 0 atom stereocenters. The van der Waals surface area contributed by atoms with Crippen LogP contribution in [0.2, 0.25) is 0 Å². The lowest BCUT2D eigenvalue weighted by molar-refractivity contribution is 1.21. The predicted molar refractivity (Wildman–Crippen MR) is 81.4 cm³/mol. The highest BCUT2D eigenvalue weighted by molar-refractivity contribution is 7.16. The van der Waals surface area contributed by atoms with E-state index >= 15 is 0 Å². The van der Waals surface area contributed by atoms with Crippen molar-refractivity contribution >= 4 is 33.1 Å². The number of nitrogens with zero attached hydrogens (tertiary/aromatic N) is 2. The lowest BCUT2D eigenvalue weighted by Crippen LogP contribution is -1.95. The van der Waals surface area contributed by atoms with Gasteiger partial charge in [0.05, 0.1) is 10.5 Å². The molecule has 96 valence electrons. The van der Waals surface area contributed by atoms with Crippen LogP contribution in [0.25, 0.3) is 10.9 Å². The number of hydrogen-bond donors (Lipinski definition) is 1. The summed E-state index contributed by atoms with van der Waals surface area (Å²) in [6.07, 6.45) is 1.61. The number of aromatic nitrogens is 2. The molecule has 0 amide bonds. The van der Waals surface area contributed by atoms with Crippen molar-refractivity contribution in [3.05, 3.63) is 46.6 Å². The van der Waals surface area contributed by atoms with Gasteiger partial charge in [0.25, 0.3) is 0 Å². The number of rotatable bonds is 2. The number of aryl methyl sites for hydroxylation is 3. The molecule has 19 heavy (non-hydrogen) atoms. The van der Waals surface area contributed by atoms with Crippen LogP contribution in [0, 0.1) is 20.8 Å². The van der Waals surface area contributed by atoms with Crippen LogP contribution in [0.4, 0.5) is 10.8 Å². The van der Waals surface area contributed by atoms with Gasteiger partial charge in [-0.05, 0) is 56.2 Å². The first-order valence-corrected chi connectivity index (χ1v) is 7.00. The van der Waals surface area contributed by atoms with E-state index in [4.69, 9.17) is 0 Å². The van der Waals surface area contributed by atoms with Gasteiger partial charge >= 0.3 is 0 Å². The first-order chi connectivity index (χ1) is 9.13. The molecular weight excluding hydrogens is 254 g/mol. The Hall–Kier alpha value is -1.94. The molecule has 3 rings (SSSR count). The maximum absolute atomic E-state index is 4.37. The number of benzene rings is 1. The zero-order valence-electron chi connectivity index (χ0n) is 11.2. The Kier molecular flexibility index (Phi) is 2.95. The van der Waals surface area contributed by atoms with Crippen molar-refractivity contribution in [2.45, 2.75) is 20.8 Å². The maximum atomic E-state index is 4.37. The zero-order valence-corrected chi connectivity index (χ0v) is 12.0. The standard InChI is InChI=1S/C15H15N3S/c1-9-6-12-13(7-10(9)2)16-8-17-15(12)18-14-5-4-11(3)19-14/h4-8H,1-3H3,(H,16,17,18). The minimum atomic E-state index is 0.870. The molecule has 0 radical (unpaired) electrons. The first-order valence-electron chi connectivity index (χ1n) is 6.19. The van der Waals surface area contributed by atoms with Gasteiger partial charge in [0, 0.05) is 10.3 Å². The second-order valence-corrected chi connectivity index (χ2v) is 6.00. The number of anilines is 2. The SMILES string of the molecule is Cc1ccc(Nc2ncnc3cc(C)c(C)cc23)s1. The second kappa shape index (κ2) is 4.63. The van der Waals surface area contributed by atoms with Gasteiger partial charge < -0.3 is 5.32 Å². The van der Waals surface area contributed by atoms with Crippen molar-refractivity contribution in [1.29, 1.82) is 0 Å². The van der Waals surface area contributed by atoms with Gasteiger partial charge in [-0.15, -0.1) is 11.3 Å². The largest absolute Gasteiger partial charge is 0.331 e. The van der Waals surface area contributed by atoms with Crippen LogP contribution >= 0.6 is 11.3 Å². The minimum absolute atomic E-state index is 0.870. The Bertz CT molecular complexity index is 746. The summed E-state index contributed by atoms with van der Waals surface area (Å²) >= 11 is 1.73. The number of fused-ring (bicyclic) bond motifs is 1. The number of hydrogen-bond acceptors (Lipinski definition) is 4. The fourth-order valence-corrected chi connectivity index (χ4v) is 2.80. The summed E-state index contributed by atoms with van der Waals surface area (Å²) in [6.45, 7) is 6.31. The Morgan fingerprint density at radius 1 is 1.00 bits per heavy atom. The van der Waals surface area contributed by atoms with Gasteiger partial charge in [-0.1, -0.05) is 0 Å². The van der Waals surface area contributed by atoms with Crippen molar-refractivity contribution in [2.24, 2.45) is 0 Å². The molecule has 2 aromatic heterocycles. The van der Waals surface area contributed by atoms with Crippen LogP contribution in [-0.2, 0) is 0 Å². The van der Waals surface area contributed by atoms with Gasteiger partial charge in [-0.25, -0.2) is 9.97 Å². The Labute approximate surface area is 116 Å². The fourth-order valence-electron chi connectivity index (χ4n) is 2.03. The summed E-state index contributed by atoms with van der Waals surface area (Å²) in [5, 5.41) is 5.56. The van der Waals surface area contributed by atoms with E-state index in [9.17, 15) is 0 Å². The van der Waals surface area contributed by atoms with E-state index in [1.807, 2.05) is 0 Å². The van der Waals surface area contributed by atoms with Crippen LogP contribution in [0.1, 0.15) is 16.0 Å². The molecule has 0 aliphatic rings. The van der Waals surface area contributed by atoms with Crippen molar-refractivity contribution < 1.29 is 0 Å². The highest BCUT2D eigenvalue weighted by atomic mass is 32.1. The Morgan fingerprint density at radius 3 is 2.53 bits per heavy atom. The quantitative estimate of drug-likeness (QED) is 0.751. The molecule has 0 saturated heterocycles. The van der Waals surface area contributed by atoms with Crippen molar-refractivity contribution in [3.8, 4) is 0 Å². The number of thiophene rings is 1. The summed E-state index contributed by atoms with van der Waals surface area (Å²) in [5.41, 5.74) is 3.49. The summed E-state index contributed by atoms with van der Waals surface area (Å²) in [6, 6.07) is 8.44. The Balaban J connectivity index is 2.10. The smallest absolute Gasteiger partial charge is 0.142 e. The molecule has 0 spiro atoms. The van der Waals surface area contributed by atoms with Gasteiger partial charge in [-0.2, -0.15) is 0 Å². The molecule has 0 saturated carbocycles. The molecule has 0 aliphatic heterocycles. The molecule has 0 unspecified atom stereocenters. The van der Waals surface area contributed by atoms with E-state index in [0.717, 1.165) is 21.7 Å². The molecule has 3 aromatic rings. The molecule has 4 heteroatoms. The van der Waals surface area contributed by atoms with Crippen LogP contribution in [0.5, 0.6) is 0 Å². The third-order valence-corrected chi connectivity index (χ3v) is 4.15. The summed E-state index contributed by atoms with van der Waals surface area (Å²) in [7, 11) is 0. The van der Waals surface area contributed by atoms with Crippen LogP contribution in [0.3, 0.4) is 0 Å². The Morgan fingerprint density at radius 2 is 1.79 bits per heavy atom. The van der Waals surface area contributed by atoms with Crippen molar-refractivity contribution in [3.63, 3.8) is 0 Å². The first kappa shape index (κ1) is 12.1. The number of nitrogens with one attached hydrogen (secondary N) is 1. The molecule has 3 nitrogen and oxygen atoms in total. The minimum Gasteiger partial charge on any atom is -0.331 e. The van der Waals surface area contributed by atoms with E-state index < -0.39 is 0 Å². The van der Waals surface area contributed by atoms with E-state index in [1.54, 1.807) is 17.7 Å². The summed E-state index contributed by atoms with van der Waals surface area (Å²) in [4.78, 5) is 9.99. The topological polar surface area (TPSA) is 37.8 Å². The molecule has 2 heterocycles. The normalized spacial score (nSPS) is 10.9.